The van der Waals surface area contributed by atoms with Crippen molar-refractivity contribution in [1.29, 1.82) is 0 Å². The lowest BCUT2D eigenvalue weighted by Crippen LogP contribution is -2.24. The molecule has 94 valence electrons. The fourth-order valence-corrected chi connectivity index (χ4v) is 1.62. The second-order valence-corrected chi connectivity index (χ2v) is 4.59. The van der Waals surface area contributed by atoms with Crippen molar-refractivity contribution in [3.8, 4) is 0 Å². The van der Waals surface area contributed by atoms with E-state index in [1.807, 2.05) is 20.8 Å². The summed E-state index contributed by atoms with van der Waals surface area (Å²) in [5.41, 5.74) is 0.859. The normalized spacial score (nSPS) is 12.5. The summed E-state index contributed by atoms with van der Waals surface area (Å²) in [6.45, 7) is 6.30. The predicted octanol–water partition coefficient (Wildman–Crippen LogP) is 1.94. The molecule has 0 saturated heterocycles. The molecule has 0 saturated carbocycles. The molecule has 17 heavy (non-hydrogen) atoms. The highest BCUT2D eigenvalue weighted by atomic mass is 16.4. The minimum Gasteiger partial charge on any atom is -0.481 e. The van der Waals surface area contributed by atoms with Gasteiger partial charge in [-0.3, -0.25) is 4.79 Å². The minimum absolute atomic E-state index is 0.366. The first-order valence-corrected chi connectivity index (χ1v) is 5.74. The monoisotopic (exact) mass is 237 g/mol. The van der Waals surface area contributed by atoms with Crippen LogP contribution in [0.25, 0.3) is 0 Å². The number of hydrogen-bond donors (Lipinski definition) is 2. The Balaban J connectivity index is 2.54. The van der Waals surface area contributed by atoms with Crippen molar-refractivity contribution in [3.63, 3.8) is 0 Å². The number of aliphatic carboxylic acids is 1. The van der Waals surface area contributed by atoms with E-state index in [2.05, 4.69) is 15.3 Å². The molecular weight excluding hydrogens is 218 g/mol. The number of rotatable bonds is 6. The van der Waals surface area contributed by atoms with E-state index in [1.165, 1.54) is 6.33 Å². The Hall–Kier alpha value is -1.65. The van der Waals surface area contributed by atoms with Gasteiger partial charge in [-0.15, -0.1) is 0 Å². The molecule has 5 nitrogen and oxygen atoms in total. The van der Waals surface area contributed by atoms with E-state index in [1.54, 1.807) is 6.07 Å². The molecule has 1 aromatic rings. The van der Waals surface area contributed by atoms with Crippen LogP contribution in [-0.4, -0.2) is 27.6 Å². The summed E-state index contributed by atoms with van der Waals surface area (Å²) in [5.74, 6) is -0.111. The Labute approximate surface area is 101 Å². The third-order valence-electron chi connectivity index (χ3n) is 2.44. The maximum atomic E-state index is 11.1. The molecule has 0 radical (unpaired) electrons. The second kappa shape index (κ2) is 6.18. The number of carboxylic acid groups (broad SMARTS) is 1. The number of hydrogen-bond acceptors (Lipinski definition) is 4. The summed E-state index contributed by atoms with van der Waals surface area (Å²) < 4.78 is 0. The van der Waals surface area contributed by atoms with E-state index in [4.69, 9.17) is 5.11 Å². The van der Waals surface area contributed by atoms with Crippen molar-refractivity contribution < 1.29 is 9.90 Å². The lowest BCUT2D eigenvalue weighted by molar-refractivity contribution is -0.141. The fourth-order valence-electron chi connectivity index (χ4n) is 1.62. The molecule has 5 heteroatoms. The van der Waals surface area contributed by atoms with Gasteiger partial charge in [0.05, 0.1) is 5.92 Å². The van der Waals surface area contributed by atoms with Gasteiger partial charge in [-0.2, -0.15) is 0 Å². The molecule has 0 fully saturated rings. The zero-order chi connectivity index (χ0) is 12.8. The zero-order valence-corrected chi connectivity index (χ0v) is 10.5. The van der Waals surface area contributed by atoms with Crippen LogP contribution in [0.1, 0.15) is 26.0 Å². The Morgan fingerprint density at radius 3 is 2.71 bits per heavy atom. The Bertz CT molecular complexity index is 380. The van der Waals surface area contributed by atoms with Crippen LogP contribution in [0.5, 0.6) is 0 Å². The Kier molecular flexibility index (Phi) is 4.87. The quantitative estimate of drug-likeness (QED) is 0.790. The topological polar surface area (TPSA) is 75.1 Å². The van der Waals surface area contributed by atoms with E-state index < -0.39 is 5.97 Å². The van der Waals surface area contributed by atoms with E-state index in [9.17, 15) is 4.79 Å². The van der Waals surface area contributed by atoms with Gasteiger partial charge in [-0.1, -0.05) is 13.8 Å². The number of aryl methyl sites for hydroxylation is 1. The summed E-state index contributed by atoms with van der Waals surface area (Å²) in [6, 6.07) is 1.80. The molecule has 1 aromatic heterocycles. The number of carbonyl (C=O) groups is 1. The van der Waals surface area contributed by atoms with E-state index in [-0.39, 0.29) is 5.92 Å². The third kappa shape index (κ3) is 4.80. The van der Waals surface area contributed by atoms with Gasteiger partial charge in [-0.05, 0) is 19.3 Å². The van der Waals surface area contributed by atoms with Crippen molar-refractivity contribution >= 4 is 11.8 Å². The molecular formula is C12H19N3O2. The van der Waals surface area contributed by atoms with Crippen molar-refractivity contribution in [3.05, 3.63) is 18.1 Å². The average molecular weight is 237 g/mol. The van der Waals surface area contributed by atoms with Gasteiger partial charge in [0.1, 0.15) is 12.1 Å². The molecule has 0 amide bonds. The number of anilines is 1. The van der Waals surface area contributed by atoms with Gasteiger partial charge in [0.2, 0.25) is 0 Å². The summed E-state index contributed by atoms with van der Waals surface area (Å²) >= 11 is 0. The van der Waals surface area contributed by atoms with Gasteiger partial charge in [-0.25, -0.2) is 9.97 Å². The smallest absolute Gasteiger partial charge is 0.308 e. The summed E-state index contributed by atoms with van der Waals surface area (Å²) in [4.78, 5) is 19.1. The highest BCUT2D eigenvalue weighted by molar-refractivity contribution is 5.70. The van der Waals surface area contributed by atoms with Crippen LogP contribution >= 0.6 is 0 Å². The van der Waals surface area contributed by atoms with E-state index in [0.29, 0.717) is 24.7 Å². The van der Waals surface area contributed by atoms with Crippen LogP contribution in [0.4, 0.5) is 5.82 Å². The molecule has 1 unspecified atom stereocenters. The minimum atomic E-state index is -0.767. The molecule has 1 rings (SSSR count). The molecule has 0 bridgehead atoms. The number of nitrogens with one attached hydrogen (secondary N) is 1. The van der Waals surface area contributed by atoms with E-state index >= 15 is 0 Å². The van der Waals surface area contributed by atoms with Gasteiger partial charge < -0.3 is 10.4 Å². The highest BCUT2D eigenvalue weighted by Crippen LogP contribution is 2.13. The maximum Gasteiger partial charge on any atom is 0.308 e. The molecule has 2 N–H and O–H groups in total. The summed E-state index contributed by atoms with van der Waals surface area (Å²) in [5, 5.41) is 12.1. The Morgan fingerprint density at radius 2 is 2.18 bits per heavy atom. The summed E-state index contributed by atoms with van der Waals surface area (Å²) in [7, 11) is 0. The van der Waals surface area contributed by atoms with Gasteiger partial charge in [0, 0.05) is 18.3 Å². The first-order chi connectivity index (χ1) is 7.99. The first-order valence-electron chi connectivity index (χ1n) is 5.74. The number of carboxylic acids is 1. The molecule has 1 heterocycles. The lowest BCUT2D eigenvalue weighted by atomic mass is 9.97. The molecule has 0 aliphatic heterocycles. The first kappa shape index (κ1) is 13.4. The van der Waals surface area contributed by atoms with E-state index in [0.717, 1.165) is 5.69 Å². The van der Waals surface area contributed by atoms with Crippen LogP contribution in [0, 0.1) is 18.8 Å². The largest absolute Gasteiger partial charge is 0.481 e. The molecule has 1 atom stereocenters. The van der Waals surface area contributed by atoms with Crippen LogP contribution in [-0.2, 0) is 4.79 Å². The van der Waals surface area contributed by atoms with Crippen molar-refractivity contribution in [2.45, 2.75) is 27.2 Å². The molecule has 0 spiro atoms. The summed E-state index contributed by atoms with van der Waals surface area (Å²) in [6.07, 6.45) is 2.13. The molecule has 0 aliphatic rings. The van der Waals surface area contributed by atoms with Crippen molar-refractivity contribution in [2.75, 3.05) is 11.9 Å². The zero-order valence-electron chi connectivity index (χ0n) is 10.5. The van der Waals surface area contributed by atoms with Crippen LogP contribution in [0.15, 0.2) is 12.4 Å². The van der Waals surface area contributed by atoms with Crippen molar-refractivity contribution in [2.24, 2.45) is 11.8 Å². The van der Waals surface area contributed by atoms with Gasteiger partial charge in [0.15, 0.2) is 0 Å². The van der Waals surface area contributed by atoms with Crippen LogP contribution < -0.4 is 5.32 Å². The Morgan fingerprint density at radius 1 is 1.47 bits per heavy atom. The highest BCUT2D eigenvalue weighted by Gasteiger charge is 2.18. The van der Waals surface area contributed by atoms with Gasteiger partial charge in [0.25, 0.3) is 0 Å². The van der Waals surface area contributed by atoms with Crippen LogP contribution in [0.2, 0.25) is 0 Å². The molecule has 0 aromatic carbocycles. The lowest BCUT2D eigenvalue weighted by Gasteiger charge is -2.15. The predicted molar refractivity (Wildman–Crippen MR) is 65.8 cm³/mol. The number of nitrogens with zero attached hydrogens (tertiary/aromatic N) is 2. The fraction of sp³-hybridized carbons (Fsp3) is 0.583. The number of aromatic nitrogens is 2. The van der Waals surface area contributed by atoms with Gasteiger partial charge >= 0.3 is 5.97 Å². The third-order valence-corrected chi connectivity index (χ3v) is 2.44. The molecule has 0 aliphatic carbocycles. The second-order valence-electron chi connectivity index (χ2n) is 4.59. The average Bonchev–Trinajstić information content (AvgIpc) is 2.23. The van der Waals surface area contributed by atoms with Crippen molar-refractivity contribution in [1.82, 2.24) is 9.97 Å². The standard InChI is InChI=1S/C12H19N3O2/c1-8(2)4-10(12(16)17)6-13-11-5-9(3)14-7-15-11/h5,7-8,10H,4,6H2,1-3H3,(H,16,17)(H,13,14,15). The maximum absolute atomic E-state index is 11.1. The van der Waals surface area contributed by atoms with Crippen LogP contribution in [0.3, 0.4) is 0 Å². The SMILES string of the molecule is Cc1cc(NCC(CC(C)C)C(=O)O)ncn1.